The molecule has 0 saturated carbocycles. The molecular formula is C15H19N3OS. The van der Waals surface area contributed by atoms with Crippen LogP contribution in [0.15, 0.2) is 29.4 Å². The molecule has 0 spiro atoms. The minimum atomic E-state index is 0.733. The highest BCUT2D eigenvalue weighted by Crippen LogP contribution is 2.20. The van der Waals surface area contributed by atoms with Gasteiger partial charge in [0.2, 0.25) is 5.13 Å². The van der Waals surface area contributed by atoms with Crippen LogP contribution in [0.5, 0.6) is 5.75 Å². The van der Waals surface area contributed by atoms with E-state index in [0.717, 1.165) is 35.2 Å². The van der Waals surface area contributed by atoms with Gasteiger partial charge < -0.3 is 4.74 Å². The smallest absolute Gasteiger partial charge is 0.203 e. The summed E-state index contributed by atoms with van der Waals surface area (Å²) in [5, 5.41) is 5.02. The van der Waals surface area contributed by atoms with Crippen LogP contribution in [-0.2, 0) is 0 Å². The highest BCUT2D eigenvalue weighted by atomic mass is 32.1. The summed E-state index contributed by atoms with van der Waals surface area (Å²) in [5.74, 6) is 0.872. The number of hydrogen-bond acceptors (Lipinski definition) is 5. The Labute approximate surface area is 123 Å². The number of hydrazone groups is 1. The Morgan fingerprint density at radius 2 is 2.25 bits per heavy atom. The van der Waals surface area contributed by atoms with E-state index in [2.05, 4.69) is 29.4 Å². The van der Waals surface area contributed by atoms with Gasteiger partial charge in [-0.15, -0.1) is 11.3 Å². The summed E-state index contributed by atoms with van der Waals surface area (Å²) in [7, 11) is 0. The van der Waals surface area contributed by atoms with Crippen LogP contribution in [0.3, 0.4) is 0 Å². The molecule has 0 atom stereocenters. The number of anilines is 1. The van der Waals surface area contributed by atoms with Crippen LogP contribution in [0.25, 0.3) is 0 Å². The Morgan fingerprint density at radius 3 is 2.95 bits per heavy atom. The van der Waals surface area contributed by atoms with Crippen molar-refractivity contribution in [2.24, 2.45) is 5.10 Å². The van der Waals surface area contributed by atoms with Crippen molar-refractivity contribution in [1.29, 1.82) is 0 Å². The highest BCUT2D eigenvalue weighted by molar-refractivity contribution is 7.15. The monoisotopic (exact) mass is 289 g/mol. The zero-order valence-corrected chi connectivity index (χ0v) is 12.8. The quantitative estimate of drug-likeness (QED) is 0.646. The van der Waals surface area contributed by atoms with E-state index in [9.17, 15) is 0 Å². The van der Waals surface area contributed by atoms with Gasteiger partial charge in [-0.25, -0.2) is 4.98 Å². The Kier molecular flexibility index (Phi) is 5.12. The SMILES string of the molecule is CCCOc1cccc(/C=N/Nc2nc(C)c(C)s2)c1. The van der Waals surface area contributed by atoms with Gasteiger partial charge in [-0.3, -0.25) is 5.43 Å². The Balaban J connectivity index is 1.96. The van der Waals surface area contributed by atoms with Gasteiger partial charge in [-0.2, -0.15) is 5.10 Å². The van der Waals surface area contributed by atoms with Gasteiger partial charge >= 0.3 is 0 Å². The fourth-order valence-corrected chi connectivity index (χ4v) is 2.35. The summed E-state index contributed by atoms with van der Waals surface area (Å²) in [6.07, 6.45) is 2.77. The van der Waals surface area contributed by atoms with E-state index in [1.165, 1.54) is 4.88 Å². The number of aryl methyl sites for hydroxylation is 2. The van der Waals surface area contributed by atoms with Crippen molar-refractivity contribution in [3.8, 4) is 5.75 Å². The van der Waals surface area contributed by atoms with Crippen molar-refractivity contribution in [3.63, 3.8) is 0 Å². The summed E-state index contributed by atoms with van der Waals surface area (Å²) in [4.78, 5) is 5.57. The Bertz CT molecular complexity index is 573. The molecule has 5 heteroatoms. The first-order chi connectivity index (χ1) is 9.69. The maximum atomic E-state index is 5.59. The molecule has 1 aromatic heterocycles. The molecule has 0 aliphatic heterocycles. The molecule has 0 aliphatic carbocycles. The number of aromatic nitrogens is 1. The number of ether oxygens (including phenoxy) is 1. The second kappa shape index (κ2) is 7.05. The lowest BCUT2D eigenvalue weighted by atomic mass is 10.2. The van der Waals surface area contributed by atoms with Gasteiger partial charge in [-0.05, 0) is 38.0 Å². The van der Waals surface area contributed by atoms with E-state index in [1.807, 2.05) is 31.2 Å². The molecule has 0 amide bonds. The van der Waals surface area contributed by atoms with Crippen molar-refractivity contribution in [1.82, 2.24) is 4.98 Å². The summed E-state index contributed by atoms with van der Waals surface area (Å²) in [5.41, 5.74) is 4.99. The van der Waals surface area contributed by atoms with Gasteiger partial charge in [0.05, 0.1) is 18.5 Å². The molecule has 0 unspecified atom stereocenters. The Morgan fingerprint density at radius 1 is 1.40 bits per heavy atom. The number of benzene rings is 1. The third-order valence-corrected chi connectivity index (χ3v) is 3.71. The van der Waals surface area contributed by atoms with Gasteiger partial charge in [0.25, 0.3) is 0 Å². The predicted octanol–water partition coefficient (Wildman–Crippen LogP) is 3.99. The molecule has 0 aliphatic rings. The average molecular weight is 289 g/mol. The molecule has 2 rings (SSSR count). The Hall–Kier alpha value is -1.88. The highest BCUT2D eigenvalue weighted by Gasteiger charge is 2.01. The molecule has 106 valence electrons. The first-order valence-corrected chi connectivity index (χ1v) is 7.46. The first kappa shape index (κ1) is 14.5. The van der Waals surface area contributed by atoms with Gasteiger partial charge in [-0.1, -0.05) is 19.1 Å². The summed E-state index contributed by atoms with van der Waals surface area (Å²) < 4.78 is 5.59. The molecule has 4 nitrogen and oxygen atoms in total. The third-order valence-electron chi connectivity index (χ3n) is 2.73. The topological polar surface area (TPSA) is 46.5 Å². The van der Waals surface area contributed by atoms with Gasteiger partial charge in [0.1, 0.15) is 5.75 Å². The molecule has 0 fully saturated rings. The van der Waals surface area contributed by atoms with Crippen LogP contribution in [0.1, 0.15) is 29.5 Å². The van der Waals surface area contributed by atoms with Gasteiger partial charge in [0, 0.05) is 4.88 Å². The maximum Gasteiger partial charge on any atom is 0.203 e. The molecule has 2 aromatic rings. The van der Waals surface area contributed by atoms with Crippen molar-refractivity contribution in [2.75, 3.05) is 12.0 Å². The number of nitrogens with zero attached hydrogens (tertiary/aromatic N) is 2. The predicted molar refractivity (Wildman–Crippen MR) is 85.0 cm³/mol. The number of hydrogen-bond donors (Lipinski definition) is 1. The van der Waals surface area contributed by atoms with Crippen molar-refractivity contribution < 1.29 is 4.74 Å². The van der Waals surface area contributed by atoms with E-state index >= 15 is 0 Å². The third kappa shape index (κ3) is 4.06. The summed E-state index contributed by atoms with van der Waals surface area (Å²) in [6.45, 7) is 6.87. The van der Waals surface area contributed by atoms with E-state index in [1.54, 1.807) is 17.6 Å². The second-order valence-electron chi connectivity index (χ2n) is 4.45. The second-order valence-corrected chi connectivity index (χ2v) is 5.65. The fourth-order valence-electron chi connectivity index (χ4n) is 1.59. The van der Waals surface area contributed by atoms with Crippen LogP contribution in [0.4, 0.5) is 5.13 Å². The molecule has 1 N–H and O–H groups in total. The van der Waals surface area contributed by atoms with Crippen LogP contribution in [0.2, 0.25) is 0 Å². The van der Waals surface area contributed by atoms with Crippen LogP contribution in [-0.4, -0.2) is 17.8 Å². The minimum Gasteiger partial charge on any atom is -0.494 e. The molecule has 1 aromatic carbocycles. The van der Waals surface area contributed by atoms with Crippen LogP contribution < -0.4 is 10.2 Å². The molecule has 1 heterocycles. The largest absolute Gasteiger partial charge is 0.494 e. The number of thiazole rings is 1. The lowest BCUT2D eigenvalue weighted by Crippen LogP contribution is -1.96. The van der Waals surface area contributed by atoms with Crippen molar-refractivity contribution in [2.45, 2.75) is 27.2 Å². The standard InChI is InChI=1S/C15H19N3OS/c1-4-8-19-14-7-5-6-13(9-14)10-16-18-15-17-11(2)12(3)20-15/h5-7,9-10H,4,8H2,1-3H3,(H,17,18)/b16-10+. The maximum absolute atomic E-state index is 5.59. The van der Waals surface area contributed by atoms with Crippen LogP contribution >= 0.6 is 11.3 Å². The van der Waals surface area contributed by atoms with Crippen molar-refractivity contribution >= 4 is 22.7 Å². The van der Waals surface area contributed by atoms with Crippen LogP contribution in [0, 0.1) is 13.8 Å². The molecular weight excluding hydrogens is 270 g/mol. The fraction of sp³-hybridized carbons (Fsp3) is 0.333. The van der Waals surface area contributed by atoms with Crippen molar-refractivity contribution in [3.05, 3.63) is 40.4 Å². The first-order valence-electron chi connectivity index (χ1n) is 6.65. The van der Waals surface area contributed by atoms with E-state index in [-0.39, 0.29) is 0 Å². The summed E-state index contributed by atoms with van der Waals surface area (Å²) >= 11 is 1.60. The molecule has 20 heavy (non-hydrogen) atoms. The number of nitrogens with one attached hydrogen (secondary N) is 1. The summed E-state index contributed by atoms with van der Waals surface area (Å²) in [6, 6.07) is 7.87. The average Bonchev–Trinajstić information content (AvgIpc) is 2.76. The zero-order chi connectivity index (χ0) is 14.4. The van der Waals surface area contributed by atoms with E-state index < -0.39 is 0 Å². The lowest BCUT2D eigenvalue weighted by Gasteiger charge is -2.04. The van der Waals surface area contributed by atoms with E-state index in [0.29, 0.717) is 0 Å². The van der Waals surface area contributed by atoms with Gasteiger partial charge in [0.15, 0.2) is 0 Å². The zero-order valence-electron chi connectivity index (χ0n) is 12.0. The number of rotatable bonds is 6. The normalized spacial score (nSPS) is 10.9. The molecule has 0 radical (unpaired) electrons. The molecule has 0 saturated heterocycles. The van der Waals surface area contributed by atoms with E-state index in [4.69, 9.17) is 4.74 Å². The molecule has 0 bridgehead atoms. The minimum absolute atomic E-state index is 0.733. The lowest BCUT2D eigenvalue weighted by molar-refractivity contribution is 0.317.